The van der Waals surface area contributed by atoms with Gasteiger partial charge in [0.05, 0.1) is 5.69 Å². The molecule has 1 aliphatic rings. The van der Waals surface area contributed by atoms with Crippen molar-refractivity contribution < 1.29 is 4.79 Å². The quantitative estimate of drug-likeness (QED) is 0.697. The van der Waals surface area contributed by atoms with Crippen molar-refractivity contribution in [1.29, 1.82) is 0 Å². The van der Waals surface area contributed by atoms with Crippen molar-refractivity contribution in [2.45, 2.75) is 25.7 Å². The highest BCUT2D eigenvalue weighted by Crippen LogP contribution is 2.41. The molecule has 0 saturated heterocycles. The Balaban J connectivity index is 2.37. The molecule has 0 aliphatic heterocycles. The van der Waals surface area contributed by atoms with E-state index in [1.807, 2.05) is 29.5 Å². The van der Waals surface area contributed by atoms with Crippen molar-refractivity contribution in [2.24, 2.45) is 0 Å². The highest BCUT2D eigenvalue weighted by Gasteiger charge is 2.30. The fraction of sp³-hybridized carbons (Fsp3) is 0.333. The summed E-state index contributed by atoms with van der Waals surface area (Å²) in [7, 11) is 0. The maximum Gasteiger partial charge on any atom is 0.168 e. The molecule has 0 spiro atoms. The lowest BCUT2D eigenvalue weighted by Crippen LogP contribution is -1.97. The molecule has 2 heterocycles. The van der Waals surface area contributed by atoms with E-state index >= 15 is 0 Å². The van der Waals surface area contributed by atoms with Crippen LogP contribution in [0.25, 0.3) is 5.65 Å². The minimum atomic E-state index is 0.518. The lowest BCUT2D eigenvalue weighted by atomic mass is 10.2. The van der Waals surface area contributed by atoms with Gasteiger partial charge in [0.2, 0.25) is 0 Å². The number of rotatable bonds is 2. The van der Waals surface area contributed by atoms with E-state index in [0.717, 1.165) is 29.0 Å². The number of nitrogens with zero attached hydrogens (tertiary/aromatic N) is 2. The number of aromatic nitrogens is 2. The van der Waals surface area contributed by atoms with E-state index in [9.17, 15) is 4.79 Å². The molecular weight excluding hydrogens is 188 g/mol. The predicted molar refractivity (Wildman–Crippen MR) is 57.3 cm³/mol. The van der Waals surface area contributed by atoms with Crippen molar-refractivity contribution >= 4 is 11.9 Å². The lowest BCUT2D eigenvalue weighted by molar-refractivity contribution is 0.111. The normalized spacial score (nSPS) is 15.8. The average molecular weight is 200 g/mol. The number of pyridine rings is 1. The fourth-order valence-corrected chi connectivity index (χ4v) is 2.07. The molecule has 15 heavy (non-hydrogen) atoms. The Kier molecular flexibility index (Phi) is 1.69. The molecule has 0 unspecified atom stereocenters. The van der Waals surface area contributed by atoms with Crippen LogP contribution in [0.15, 0.2) is 18.2 Å². The summed E-state index contributed by atoms with van der Waals surface area (Å²) in [6.45, 7) is 2.00. The van der Waals surface area contributed by atoms with Crippen molar-refractivity contribution in [3.63, 3.8) is 0 Å². The summed E-state index contributed by atoms with van der Waals surface area (Å²) in [6.07, 6.45) is 3.27. The first-order chi connectivity index (χ1) is 7.31. The zero-order valence-corrected chi connectivity index (χ0v) is 8.60. The fourth-order valence-electron chi connectivity index (χ4n) is 2.07. The number of aryl methyl sites for hydroxylation is 1. The molecule has 2 aromatic rings. The molecule has 1 saturated carbocycles. The summed E-state index contributed by atoms with van der Waals surface area (Å²) in [5.74, 6) is 0.518. The highest BCUT2D eigenvalue weighted by molar-refractivity contribution is 5.77. The Morgan fingerprint density at radius 2 is 2.27 bits per heavy atom. The van der Waals surface area contributed by atoms with Gasteiger partial charge in [-0.05, 0) is 31.9 Å². The van der Waals surface area contributed by atoms with Gasteiger partial charge in [0, 0.05) is 11.6 Å². The summed E-state index contributed by atoms with van der Waals surface area (Å²) in [5.41, 5.74) is 3.68. The molecule has 76 valence electrons. The van der Waals surface area contributed by atoms with Gasteiger partial charge in [-0.25, -0.2) is 4.98 Å². The van der Waals surface area contributed by atoms with Crippen LogP contribution in [0.1, 0.15) is 40.6 Å². The van der Waals surface area contributed by atoms with E-state index < -0.39 is 0 Å². The third-order valence-electron chi connectivity index (χ3n) is 2.98. The molecule has 3 heteroatoms. The molecule has 0 N–H and O–H groups in total. The van der Waals surface area contributed by atoms with Crippen molar-refractivity contribution in [3.8, 4) is 0 Å². The molecule has 0 radical (unpaired) electrons. The molecule has 2 aromatic heterocycles. The topological polar surface area (TPSA) is 34.4 Å². The summed E-state index contributed by atoms with van der Waals surface area (Å²) >= 11 is 0. The first kappa shape index (κ1) is 8.65. The third-order valence-corrected chi connectivity index (χ3v) is 2.98. The molecular formula is C12H12N2O. The van der Waals surface area contributed by atoms with Crippen LogP contribution in [0.3, 0.4) is 0 Å². The van der Waals surface area contributed by atoms with Gasteiger partial charge in [0.25, 0.3) is 0 Å². The van der Waals surface area contributed by atoms with Gasteiger partial charge < -0.3 is 0 Å². The van der Waals surface area contributed by atoms with Crippen molar-refractivity contribution in [1.82, 2.24) is 9.38 Å². The van der Waals surface area contributed by atoms with Crippen LogP contribution in [0, 0.1) is 6.92 Å². The number of hydrogen-bond acceptors (Lipinski definition) is 2. The molecule has 0 bridgehead atoms. The van der Waals surface area contributed by atoms with E-state index in [2.05, 4.69) is 4.98 Å². The maximum absolute atomic E-state index is 11.1. The number of hydrogen-bond donors (Lipinski definition) is 0. The van der Waals surface area contributed by atoms with Gasteiger partial charge in [-0.15, -0.1) is 0 Å². The van der Waals surface area contributed by atoms with E-state index in [4.69, 9.17) is 0 Å². The minimum Gasteiger partial charge on any atom is -0.296 e. The zero-order valence-electron chi connectivity index (χ0n) is 8.60. The summed E-state index contributed by atoms with van der Waals surface area (Å²) in [6, 6.07) is 5.92. The molecule has 0 atom stereocenters. The Morgan fingerprint density at radius 3 is 2.93 bits per heavy atom. The van der Waals surface area contributed by atoms with E-state index in [0.29, 0.717) is 5.92 Å². The van der Waals surface area contributed by atoms with Crippen LogP contribution < -0.4 is 0 Å². The smallest absolute Gasteiger partial charge is 0.168 e. The lowest BCUT2D eigenvalue weighted by Gasteiger charge is -2.00. The minimum absolute atomic E-state index is 0.518. The number of fused-ring (bicyclic) bond motifs is 1. The number of aldehydes is 1. The summed E-state index contributed by atoms with van der Waals surface area (Å²) in [5, 5.41) is 0. The van der Waals surface area contributed by atoms with Crippen molar-refractivity contribution in [3.05, 3.63) is 35.3 Å². The Morgan fingerprint density at radius 1 is 1.47 bits per heavy atom. The third kappa shape index (κ3) is 1.19. The Bertz CT molecular complexity index is 538. The molecule has 0 aromatic carbocycles. The van der Waals surface area contributed by atoms with E-state index in [-0.39, 0.29) is 0 Å². The Hall–Kier alpha value is -1.64. The maximum atomic E-state index is 11.1. The first-order valence-electron chi connectivity index (χ1n) is 5.24. The first-order valence-corrected chi connectivity index (χ1v) is 5.24. The number of carbonyl (C=O) groups excluding carboxylic acids is 1. The Labute approximate surface area is 87.7 Å². The average Bonchev–Trinajstić information content (AvgIpc) is 3.00. The summed E-state index contributed by atoms with van der Waals surface area (Å²) < 4.78 is 1.95. The highest BCUT2D eigenvalue weighted by atomic mass is 16.1. The molecule has 1 fully saturated rings. The largest absolute Gasteiger partial charge is 0.296 e. The van der Waals surface area contributed by atoms with Gasteiger partial charge in [-0.3, -0.25) is 9.20 Å². The van der Waals surface area contributed by atoms with Crippen LogP contribution in [-0.4, -0.2) is 15.7 Å². The van der Waals surface area contributed by atoms with Gasteiger partial charge in [-0.2, -0.15) is 0 Å². The number of carbonyl (C=O) groups is 1. The molecule has 3 rings (SSSR count). The molecule has 3 nitrogen and oxygen atoms in total. The second kappa shape index (κ2) is 2.92. The van der Waals surface area contributed by atoms with E-state index in [1.54, 1.807) is 0 Å². The number of imidazole rings is 1. The zero-order chi connectivity index (χ0) is 10.4. The van der Waals surface area contributed by atoms with Crippen LogP contribution in [0.4, 0.5) is 0 Å². The predicted octanol–water partition coefficient (Wildman–Crippen LogP) is 2.33. The SMILES string of the molecule is Cc1cccc2nc(C3CC3)c(C=O)n12. The summed E-state index contributed by atoms with van der Waals surface area (Å²) in [4.78, 5) is 15.7. The van der Waals surface area contributed by atoms with Gasteiger partial charge in [-0.1, -0.05) is 6.07 Å². The van der Waals surface area contributed by atoms with Crippen molar-refractivity contribution in [2.75, 3.05) is 0 Å². The van der Waals surface area contributed by atoms with Crippen LogP contribution >= 0.6 is 0 Å². The molecule has 0 amide bonds. The van der Waals surface area contributed by atoms with E-state index in [1.165, 1.54) is 12.8 Å². The van der Waals surface area contributed by atoms with Crippen LogP contribution in [-0.2, 0) is 0 Å². The monoisotopic (exact) mass is 200 g/mol. The molecule has 1 aliphatic carbocycles. The van der Waals surface area contributed by atoms with Gasteiger partial charge in [0.1, 0.15) is 11.3 Å². The van der Waals surface area contributed by atoms with Gasteiger partial charge in [0.15, 0.2) is 6.29 Å². The van der Waals surface area contributed by atoms with Crippen LogP contribution in [0.2, 0.25) is 0 Å². The second-order valence-electron chi connectivity index (χ2n) is 4.14. The standard InChI is InChI=1S/C12H12N2O/c1-8-3-2-4-11-13-12(9-5-6-9)10(7-15)14(8)11/h2-4,7,9H,5-6H2,1H3. The second-order valence-corrected chi connectivity index (χ2v) is 4.14. The van der Waals surface area contributed by atoms with Crippen LogP contribution in [0.5, 0.6) is 0 Å². The van der Waals surface area contributed by atoms with Gasteiger partial charge >= 0.3 is 0 Å².